The fraction of sp³-hybridized carbons (Fsp3) is 0.630. The van der Waals surface area contributed by atoms with Crippen molar-refractivity contribution in [3.05, 3.63) is 35.1 Å². The van der Waals surface area contributed by atoms with Gasteiger partial charge in [0.2, 0.25) is 6.79 Å². The van der Waals surface area contributed by atoms with Crippen molar-refractivity contribution in [2.24, 2.45) is 0 Å². The van der Waals surface area contributed by atoms with Crippen LogP contribution in [0.3, 0.4) is 0 Å². The number of esters is 2. The second kappa shape index (κ2) is 9.94. The first kappa shape index (κ1) is 24.9. The van der Waals surface area contributed by atoms with Gasteiger partial charge in [-0.3, -0.25) is 9.69 Å². The summed E-state index contributed by atoms with van der Waals surface area (Å²) < 4.78 is 34.3. The first-order chi connectivity index (χ1) is 17.4. The maximum absolute atomic E-state index is 13.5. The Morgan fingerprint density at radius 3 is 2.69 bits per heavy atom. The Hall–Kier alpha value is -2.78. The van der Waals surface area contributed by atoms with Gasteiger partial charge in [-0.15, -0.1) is 0 Å². The first-order valence-corrected chi connectivity index (χ1v) is 12.8. The van der Waals surface area contributed by atoms with Crippen LogP contribution in [0.25, 0.3) is 0 Å². The van der Waals surface area contributed by atoms with Crippen molar-refractivity contribution in [3.8, 4) is 11.5 Å². The normalized spacial score (nSPS) is 27.0. The van der Waals surface area contributed by atoms with E-state index < -0.39 is 24.1 Å². The van der Waals surface area contributed by atoms with Crippen LogP contribution >= 0.6 is 0 Å². The molecule has 1 spiro atoms. The summed E-state index contributed by atoms with van der Waals surface area (Å²) in [6, 6.07) is 4.10. The molecule has 1 fully saturated rings. The summed E-state index contributed by atoms with van der Waals surface area (Å²) in [5.74, 6) is 0.780. The minimum atomic E-state index is -1.07. The predicted octanol–water partition coefficient (Wildman–Crippen LogP) is 3.09. The number of methoxy groups -OCH3 is 1. The maximum atomic E-state index is 13.5. The van der Waals surface area contributed by atoms with Gasteiger partial charge in [0, 0.05) is 6.54 Å². The monoisotopic (exact) mass is 501 g/mol. The fourth-order valence-electron chi connectivity index (χ4n) is 6.18. The lowest BCUT2D eigenvalue weighted by Gasteiger charge is -2.39. The Bertz CT molecular complexity index is 1050. The largest absolute Gasteiger partial charge is 0.497 e. The molecule has 3 heterocycles. The lowest BCUT2D eigenvalue weighted by Crippen LogP contribution is -2.48. The topological polar surface area (TPSA) is 92.8 Å². The van der Waals surface area contributed by atoms with Gasteiger partial charge in [0.15, 0.2) is 23.7 Å². The number of rotatable bonds is 8. The molecule has 9 nitrogen and oxygen atoms in total. The van der Waals surface area contributed by atoms with E-state index in [1.807, 2.05) is 19.9 Å². The summed E-state index contributed by atoms with van der Waals surface area (Å²) in [5, 5.41) is 0. The molecule has 1 aromatic carbocycles. The summed E-state index contributed by atoms with van der Waals surface area (Å²) in [5.41, 5.74) is 1.91. The van der Waals surface area contributed by atoms with Crippen LogP contribution in [0.2, 0.25) is 0 Å². The molecular weight excluding hydrogens is 466 g/mol. The van der Waals surface area contributed by atoms with Gasteiger partial charge in [-0.05, 0) is 75.9 Å². The zero-order valence-electron chi connectivity index (χ0n) is 21.4. The molecule has 0 radical (unpaired) electrons. The molecule has 2 unspecified atom stereocenters. The van der Waals surface area contributed by atoms with Crippen LogP contribution in [-0.4, -0.2) is 74.3 Å². The number of carbonyl (C=O) groups excluding carboxylic acids is 2. The second-order valence-corrected chi connectivity index (χ2v) is 10.0. The highest BCUT2D eigenvalue weighted by Crippen LogP contribution is 2.55. The molecule has 0 bridgehead atoms. The molecule has 196 valence electrons. The van der Waals surface area contributed by atoms with E-state index in [0.29, 0.717) is 11.5 Å². The molecule has 5 rings (SSSR count). The molecular formula is C27H35NO8. The van der Waals surface area contributed by atoms with Crippen molar-refractivity contribution in [2.75, 3.05) is 33.6 Å². The zero-order chi connectivity index (χ0) is 25.4. The number of carbonyl (C=O) groups is 2. The van der Waals surface area contributed by atoms with Gasteiger partial charge in [-0.1, -0.05) is 0 Å². The van der Waals surface area contributed by atoms with Crippen LogP contribution < -0.4 is 9.47 Å². The van der Waals surface area contributed by atoms with E-state index in [2.05, 4.69) is 17.0 Å². The molecule has 1 aliphatic carbocycles. The summed E-state index contributed by atoms with van der Waals surface area (Å²) in [7, 11) is 1.61. The van der Waals surface area contributed by atoms with E-state index in [0.717, 1.165) is 49.2 Å². The van der Waals surface area contributed by atoms with Gasteiger partial charge >= 0.3 is 11.9 Å². The van der Waals surface area contributed by atoms with E-state index in [1.165, 1.54) is 0 Å². The molecule has 4 atom stereocenters. The van der Waals surface area contributed by atoms with Crippen molar-refractivity contribution in [1.82, 2.24) is 4.90 Å². The molecule has 36 heavy (non-hydrogen) atoms. The van der Waals surface area contributed by atoms with Crippen LogP contribution in [0.5, 0.6) is 11.5 Å². The Labute approximate surface area is 211 Å². The van der Waals surface area contributed by atoms with Gasteiger partial charge in [-0.2, -0.15) is 0 Å². The summed E-state index contributed by atoms with van der Waals surface area (Å²) in [6.45, 7) is 7.64. The Morgan fingerprint density at radius 1 is 1.19 bits per heavy atom. The third-order valence-electron chi connectivity index (χ3n) is 7.56. The standard InChI is InChI=1S/C27H35NO8/c1-5-32-23(29)13-21(35-16(2)3)26(30)36-25-22(31-4)14-27-8-6-9-28(27)10-7-17-11-19-20(34-15-33-19)12-18(17)24(25)27/h11-12,14,16,21,24-25H,5-10,13,15H2,1-4H3/t21-,24-,25?,27?/m1/s1. The van der Waals surface area contributed by atoms with Crippen molar-refractivity contribution in [3.63, 3.8) is 0 Å². The van der Waals surface area contributed by atoms with E-state index in [4.69, 9.17) is 28.4 Å². The summed E-state index contributed by atoms with van der Waals surface area (Å²) in [6.07, 6.45) is 2.78. The highest BCUT2D eigenvalue weighted by molar-refractivity contribution is 5.82. The minimum Gasteiger partial charge on any atom is -0.497 e. The molecule has 4 aliphatic rings. The SMILES string of the molecule is CCOC(=O)C[C@@H](OC(C)C)C(=O)OC1C(OC)=CC23CCCN2CCc2cc4c(cc2[C@H]13)OCO4. The Morgan fingerprint density at radius 2 is 1.97 bits per heavy atom. The van der Waals surface area contributed by atoms with E-state index in [1.54, 1.807) is 14.0 Å². The minimum absolute atomic E-state index is 0.187. The first-order valence-electron chi connectivity index (χ1n) is 12.8. The third kappa shape index (κ3) is 4.32. The van der Waals surface area contributed by atoms with Gasteiger partial charge < -0.3 is 28.4 Å². The molecule has 9 heteroatoms. The molecule has 0 amide bonds. The summed E-state index contributed by atoms with van der Waals surface area (Å²) >= 11 is 0. The molecule has 1 aromatic rings. The highest BCUT2D eigenvalue weighted by atomic mass is 16.7. The average Bonchev–Trinajstić information content (AvgIpc) is 3.52. The molecule has 0 aromatic heterocycles. The smallest absolute Gasteiger partial charge is 0.336 e. The zero-order valence-corrected chi connectivity index (χ0v) is 21.4. The quantitative estimate of drug-likeness (QED) is 0.498. The Kier molecular flexibility index (Phi) is 6.87. The van der Waals surface area contributed by atoms with E-state index in [9.17, 15) is 9.59 Å². The fourth-order valence-corrected chi connectivity index (χ4v) is 6.18. The van der Waals surface area contributed by atoms with E-state index in [-0.39, 0.29) is 37.4 Å². The third-order valence-corrected chi connectivity index (χ3v) is 7.56. The van der Waals surface area contributed by atoms with E-state index >= 15 is 0 Å². The number of ether oxygens (including phenoxy) is 6. The maximum Gasteiger partial charge on any atom is 0.336 e. The van der Waals surface area contributed by atoms with Crippen molar-refractivity contribution in [2.45, 2.75) is 76.2 Å². The van der Waals surface area contributed by atoms with Gasteiger partial charge in [-0.25, -0.2) is 4.79 Å². The molecule has 0 N–H and O–H groups in total. The number of benzene rings is 1. The van der Waals surface area contributed by atoms with Crippen LogP contribution in [0.15, 0.2) is 24.0 Å². The molecule has 3 aliphatic heterocycles. The lowest BCUT2D eigenvalue weighted by molar-refractivity contribution is -0.171. The molecule has 1 saturated heterocycles. The predicted molar refractivity (Wildman–Crippen MR) is 129 cm³/mol. The van der Waals surface area contributed by atoms with Crippen LogP contribution in [-0.2, 0) is 35.0 Å². The number of hydrogen-bond donors (Lipinski definition) is 0. The molecule has 0 saturated carbocycles. The van der Waals surface area contributed by atoms with Crippen LogP contribution in [0, 0.1) is 0 Å². The number of fused-ring (bicyclic) bond motifs is 3. The van der Waals surface area contributed by atoms with Crippen molar-refractivity contribution >= 4 is 11.9 Å². The lowest BCUT2D eigenvalue weighted by atomic mass is 9.77. The average molecular weight is 502 g/mol. The van der Waals surface area contributed by atoms with Crippen LogP contribution in [0.1, 0.15) is 57.1 Å². The van der Waals surface area contributed by atoms with Gasteiger partial charge in [0.1, 0.15) is 5.76 Å². The Balaban J connectivity index is 1.51. The number of hydrogen-bond acceptors (Lipinski definition) is 9. The van der Waals surface area contributed by atoms with Crippen molar-refractivity contribution in [1.29, 1.82) is 0 Å². The number of nitrogens with zero attached hydrogens (tertiary/aromatic N) is 1. The highest BCUT2D eigenvalue weighted by Gasteiger charge is 2.58. The van der Waals surface area contributed by atoms with Crippen LogP contribution in [0.4, 0.5) is 0 Å². The van der Waals surface area contributed by atoms with Gasteiger partial charge in [0.05, 0.1) is 37.7 Å². The summed E-state index contributed by atoms with van der Waals surface area (Å²) in [4.78, 5) is 28.2. The second-order valence-electron chi connectivity index (χ2n) is 10.0. The van der Waals surface area contributed by atoms with Crippen molar-refractivity contribution < 1.29 is 38.0 Å². The van der Waals surface area contributed by atoms with Gasteiger partial charge in [0.25, 0.3) is 0 Å².